The van der Waals surface area contributed by atoms with Gasteiger partial charge in [-0.25, -0.2) is 0 Å². The van der Waals surface area contributed by atoms with Gasteiger partial charge in [-0.05, 0) is 73.6 Å². The first-order valence-electron chi connectivity index (χ1n) is 10.2. The van der Waals surface area contributed by atoms with Gasteiger partial charge < -0.3 is 19.8 Å². The molecule has 0 saturated heterocycles. The number of hydrogen-bond donors (Lipinski definition) is 1. The molecule has 0 fully saturated rings. The Labute approximate surface area is 152 Å². The summed E-state index contributed by atoms with van der Waals surface area (Å²) < 4.78 is 0. The normalized spacial score (nSPS) is 13.4. The molecule has 24 heavy (non-hydrogen) atoms. The number of rotatable bonds is 17. The second-order valence-electron chi connectivity index (χ2n) is 7.82. The highest BCUT2D eigenvalue weighted by atomic mass is 16.3. The van der Waals surface area contributed by atoms with E-state index in [0.717, 1.165) is 39.1 Å². The van der Waals surface area contributed by atoms with Crippen LogP contribution in [0.25, 0.3) is 0 Å². The third kappa shape index (κ3) is 16.7. The molecule has 0 aliphatic carbocycles. The molecule has 0 amide bonds. The molecule has 0 spiro atoms. The minimum absolute atomic E-state index is 0.158. The Kier molecular flexibility index (Phi) is 16.2. The topological polar surface area (TPSA) is 30.0 Å². The van der Waals surface area contributed by atoms with Crippen LogP contribution in [0.4, 0.5) is 0 Å². The van der Waals surface area contributed by atoms with Gasteiger partial charge in [-0.2, -0.15) is 0 Å². The fourth-order valence-electron chi connectivity index (χ4n) is 3.07. The average Bonchev–Trinajstić information content (AvgIpc) is 2.49. The Morgan fingerprint density at radius 2 is 1.17 bits per heavy atom. The quantitative estimate of drug-likeness (QED) is 0.410. The Morgan fingerprint density at radius 3 is 1.67 bits per heavy atom. The van der Waals surface area contributed by atoms with Crippen molar-refractivity contribution in [3.63, 3.8) is 0 Å². The first-order valence-corrected chi connectivity index (χ1v) is 10.2. The molecule has 0 rings (SSSR count). The third-order valence-corrected chi connectivity index (χ3v) is 4.52. The van der Waals surface area contributed by atoms with E-state index in [-0.39, 0.29) is 6.10 Å². The van der Waals surface area contributed by atoms with E-state index in [2.05, 4.69) is 49.8 Å². The molecule has 0 aromatic rings. The van der Waals surface area contributed by atoms with Crippen LogP contribution in [0.3, 0.4) is 0 Å². The summed E-state index contributed by atoms with van der Waals surface area (Å²) in [5, 5.41) is 10.4. The SMILES string of the molecule is CCCCCCCCC(O)CN(CCCN(C)C)CCCN(C)C. The molecule has 0 radical (unpaired) electrons. The van der Waals surface area contributed by atoms with Crippen LogP contribution in [0.15, 0.2) is 0 Å². The van der Waals surface area contributed by atoms with Gasteiger partial charge in [-0.1, -0.05) is 45.4 Å². The molecule has 4 nitrogen and oxygen atoms in total. The van der Waals surface area contributed by atoms with E-state index in [1.165, 1.54) is 51.4 Å². The molecule has 1 unspecified atom stereocenters. The molecular formula is C20H45N3O. The molecule has 0 saturated carbocycles. The predicted octanol–water partition coefficient (Wildman–Crippen LogP) is 3.30. The number of nitrogens with zero attached hydrogens (tertiary/aromatic N) is 3. The van der Waals surface area contributed by atoms with Crippen molar-refractivity contribution in [1.82, 2.24) is 14.7 Å². The number of hydrogen-bond acceptors (Lipinski definition) is 4. The first-order chi connectivity index (χ1) is 11.5. The molecule has 0 bridgehead atoms. The van der Waals surface area contributed by atoms with Crippen LogP contribution in [-0.4, -0.2) is 86.8 Å². The molecule has 0 aliphatic rings. The monoisotopic (exact) mass is 343 g/mol. The van der Waals surface area contributed by atoms with Gasteiger partial charge in [0.15, 0.2) is 0 Å². The molecule has 0 heterocycles. The van der Waals surface area contributed by atoms with Crippen molar-refractivity contribution in [3.05, 3.63) is 0 Å². The van der Waals surface area contributed by atoms with Crippen molar-refractivity contribution >= 4 is 0 Å². The van der Waals surface area contributed by atoms with Gasteiger partial charge in [0.05, 0.1) is 6.10 Å². The molecule has 146 valence electrons. The fraction of sp³-hybridized carbons (Fsp3) is 1.00. The molecule has 0 aromatic heterocycles. The Hall–Kier alpha value is -0.160. The molecule has 4 heteroatoms. The maximum atomic E-state index is 10.4. The lowest BCUT2D eigenvalue weighted by molar-refractivity contribution is 0.0988. The maximum absolute atomic E-state index is 10.4. The summed E-state index contributed by atoms with van der Waals surface area (Å²) in [4.78, 5) is 6.95. The van der Waals surface area contributed by atoms with Crippen LogP contribution < -0.4 is 0 Å². The van der Waals surface area contributed by atoms with Crippen molar-refractivity contribution in [2.45, 2.75) is 70.8 Å². The average molecular weight is 344 g/mol. The fourth-order valence-corrected chi connectivity index (χ4v) is 3.07. The molecular weight excluding hydrogens is 298 g/mol. The molecule has 1 atom stereocenters. The Balaban J connectivity index is 3.96. The highest BCUT2D eigenvalue weighted by Gasteiger charge is 2.11. The number of unbranched alkanes of at least 4 members (excludes halogenated alkanes) is 5. The van der Waals surface area contributed by atoms with Crippen molar-refractivity contribution in [2.75, 3.05) is 60.9 Å². The van der Waals surface area contributed by atoms with Crippen molar-refractivity contribution in [2.24, 2.45) is 0 Å². The summed E-state index contributed by atoms with van der Waals surface area (Å²) >= 11 is 0. The first kappa shape index (κ1) is 23.8. The van der Waals surface area contributed by atoms with Gasteiger partial charge in [0.1, 0.15) is 0 Å². The van der Waals surface area contributed by atoms with Crippen LogP contribution in [0.5, 0.6) is 0 Å². The van der Waals surface area contributed by atoms with E-state index in [0.29, 0.717) is 0 Å². The largest absolute Gasteiger partial charge is 0.392 e. The smallest absolute Gasteiger partial charge is 0.0667 e. The van der Waals surface area contributed by atoms with Crippen LogP contribution in [0, 0.1) is 0 Å². The van der Waals surface area contributed by atoms with Crippen LogP contribution in [0.2, 0.25) is 0 Å². The van der Waals surface area contributed by atoms with Gasteiger partial charge in [0, 0.05) is 6.54 Å². The van der Waals surface area contributed by atoms with Gasteiger partial charge >= 0.3 is 0 Å². The molecule has 0 aliphatic heterocycles. The minimum Gasteiger partial charge on any atom is -0.392 e. The highest BCUT2D eigenvalue weighted by Crippen LogP contribution is 2.10. The summed E-state index contributed by atoms with van der Waals surface area (Å²) in [5.41, 5.74) is 0. The van der Waals surface area contributed by atoms with Gasteiger partial charge in [0.25, 0.3) is 0 Å². The van der Waals surface area contributed by atoms with Crippen LogP contribution >= 0.6 is 0 Å². The molecule has 1 N–H and O–H groups in total. The van der Waals surface area contributed by atoms with E-state index in [9.17, 15) is 5.11 Å². The Morgan fingerprint density at radius 1 is 0.667 bits per heavy atom. The van der Waals surface area contributed by atoms with Crippen LogP contribution in [0.1, 0.15) is 64.7 Å². The van der Waals surface area contributed by atoms with E-state index in [1.54, 1.807) is 0 Å². The second-order valence-corrected chi connectivity index (χ2v) is 7.82. The zero-order chi connectivity index (χ0) is 18.2. The zero-order valence-corrected chi connectivity index (χ0v) is 17.3. The predicted molar refractivity (Wildman–Crippen MR) is 107 cm³/mol. The summed E-state index contributed by atoms with van der Waals surface area (Å²) in [6, 6.07) is 0. The molecule has 0 aromatic carbocycles. The maximum Gasteiger partial charge on any atom is 0.0667 e. The number of aliphatic hydroxyl groups excluding tert-OH is 1. The zero-order valence-electron chi connectivity index (χ0n) is 17.3. The van der Waals surface area contributed by atoms with Crippen molar-refractivity contribution < 1.29 is 5.11 Å². The lowest BCUT2D eigenvalue weighted by atomic mass is 10.1. The third-order valence-electron chi connectivity index (χ3n) is 4.52. The summed E-state index contributed by atoms with van der Waals surface area (Å²) in [7, 11) is 8.51. The van der Waals surface area contributed by atoms with E-state index in [1.807, 2.05) is 0 Å². The highest BCUT2D eigenvalue weighted by molar-refractivity contribution is 4.67. The van der Waals surface area contributed by atoms with Gasteiger partial charge in [0.2, 0.25) is 0 Å². The summed E-state index contributed by atoms with van der Waals surface area (Å²) in [5.74, 6) is 0. The lowest BCUT2D eigenvalue weighted by Gasteiger charge is -2.26. The standard InChI is InChI=1S/C20H45N3O/c1-6-7-8-9-10-11-14-20(24)19-23(17-12-15-21(2)3)18-13-16-22(4)5/h20,24H,6-19H2,1-5H3. The lowest BCUT2D eigenvalue weighted by Crippen LogP contribution is -2.36. The van der Waals surface area contributed by atoms with Crippen molar-refractivity contribution in [3.8, 4) is 0 Å². The number of aliphatic hydroxyl groups is 1. The van der Waals surface area contributed by atoms with Crippen LogP contribution in [-0.2, 0) is 0 Å². The summed E-state index contributed by atoms with van der Waals surface area (Å²) in [6.45, 7) is 7.54. The Bertz CT molecular complexity index is 245. The van der Waals surface area contributed by atoms with Gasteiger partial charge in [-0.15, -0.1) is 0 Å². The van der Waals surface area contributed by atoms with E-state index in [4.69, 9.17) is 0 Å². The summed E-state index contributed by atoms with van der Waals surface area (Å²) in [6.07, 6.45) is 11.0. The van der Waals surface area contributed by atoms with E-state index >= 15 is 0 Å². The second kappa shape index (κ2) is 16.3. The van der Waals surface area contributed by atoms with E-state index < -0.39 is 0 Å². The minimum atomic E-state index is -0.158. The van der Waals surface area contributed by atoms with Crippen molar-refractivity contribution in [1.29, 1.82) is 0 Å². The van der Waals surface area contributed by atoms with Gasteiger partial charge in [-0.3, -0.25) is 0 Å².